The summed E-state index contributed by atoms with van der Waals surface area (Å²) in [5, 5.41) is 11.6. The number of nitrogens with one attached hydrogen (secondary N) is 1. The second-order valence-electron chi connectivity index (χ2n) is 2.85. The maximum atomic E-state index is 8.47. The molecule has 0 fully saturated rings. The average molecular weight is 212 g/mol. The Morgan fingerprint density at radius 3 is 2.87 bits per heavy atom. The molecule has 0 amide bonds. The molecule has 15 heavy (non-hydrogen) atoms. The fourth-order valence-corrected chi connectivity index (χ4v) is 1.02. The number of rotatable bonds is 7. The third kappa shape index (κ3) is 4.62. The van der Waals surface area contributed by atoms with Crippen molar-refractivity contribution >= 4 is 5.82 Å². The number of methoxy groups -OCH3 is 1. The number of hydrogen-bond donors (Lipinski definition) is 2. The molecule has 1 rings (SSSR count). The van der Waals surface area contributed by atoms with E-state index in [1.54, 1.807) is 13.3 Å². The highest BCUT2D eigenvalue weighted by molar-refractivity contribution is 5.37. The van der Waals surface area contributed by atoms with Gasteiger partial charge in [0.15, 0.2) is 0 Å². The lowest BCUT2D eigenvalue weighted by Crippen LogP contribution is -2.11. The largest absolute Gasteiger partial charge is 0.495 e. The van der Waals surface area contributed by atoms with Crippen LogP contribution in [0.2, 0.25) is 0 Å². The summed E-state index contributed by atoms with van der Waals surface area (Å²) >= 11 is 0. The first-order valence-electron chi connectivity index (χ1n) is 4.79. The lowest BCUT2D eigenvalue weighted by molar-refractivity contribution is 0.0992. The molecule has 1 aromatic rings. The predicted octanol–water partition coefficient (Wildman–Crippen LogP) is 0.511. The van der Waals surface area contributed by atoms with E-state index in [0.717, 1.165) is 11.6 Å². The fraction of sp³-hybridized carbons (Fsp3) is 0.500. The summed E-state index contributed by atoms with van der Waals surface area (Å²) in [5.74, 6) is 1.51. The number of aliphatic hydroxyl groups is 1. The summed E-state index contributed by atoms with van der Waals surface area (Å²) in [6.45, 7) is 1.64. The first-order chi connectivity index (χ1) is 7.36. The average Bonchev–Trinajstić information content (AvgIpc) is 2.30. The van der Waals surface area contributed by atoms with Crippen LogP contribution < -0.4 is 10.1 Å². The molecule has 0 aliphatic heterocycles. The van der Waals surface area contributed by atoms with E-state index in [1.807, 2.05) is 12.1 Å². The number of hydrogen-bond acceptors (Lipinski definition) is 5. The molecule has 84 valence electrons. The first-order valence-corrected chi connectivity index (χ1v) is 4.79. The van der Waals surface area contributed by atoms with Gasteiger partial charge in [-0.1, -0.05) is 0 Å². The van der Waals surface area contributed by atoms with Gasteiger partial charge in [0.1, 0.15) is 11.6 Å². The van der Waals surface area contributed by atoms with Gasteiger partial charge in [0, 0.05) is 6.54 Å². The van der Waals surface area contributed by atoms with Gasteiger partial charge in [-0.3, -0.25) is 0 Å². The molecule has 0 saturated heterocycles. The van der Waals surface area contributed by atoms with Crippen LogP contribution in [0, 0.1) is 0 Å². The lowest BCUT2D eigenvalue weighted by Gasteiger charge is -2.06. The minimum absolute atomic E-state index is 0.0563. The van der Waals surface area contributed by atoms with Gasteiger partial charge in [-0.15, -0.1) is 0 Å². The topological polar surface area (TPSA) is 63.6 Å². The zero-order valence-electron chi connectivity index (χ0n) is 8.77. The van der Waals surface area contributed by atoms with Gasteiger partial charge in [-0.05, 0) is 12.1 Å². The molecule has 0 unspecified atom stereocenters. The normalized spacial score (nSPS) is 10.0. The number of aromatic nitrogens is 1. The van der Waals surface area contributed by atoms with Gasteiger partial charge in [0.05, 0.1) is 33.1 Å². The second-order valence-corrected chi connectivity index (χ2v) is 2.85. The summed E-state index contributed by atoms with van der Waals surface area (Å²) in [7, 11) is 1.60. The molecule has 0 spiro atoms. The highest BCUT2D eigenvalue weighted by atomic mass is 16.5. The van der Waals surface area contributed by atoms with Crippen molar-refractivity contribution in [3.63, 3.8) is 0 Å². The van der Waals surface area contributed by atoms with Crippen molar-refractivity contribution in [2.45, 2.75) is 0 Å². The van der Waals surface area contributed by atoms with Gasteiger partial charge in [0.2, 0.25) is 0 Å². The van der Waals surface area contributed by atoms with E-state index >= 15 is 0 Å². The second kappa shape index (κ2) is 7.03. The Labute approximate surface area is 89.0 Å². The van der Waals surface area contributed by atoms with Crippen molar-refractivity contribution in [1.29, 1.82) is 0 Å². The standard InChI is InChI=1S/C10H16N2O3/c1-14-9-2-3-10(12-8-9)11-4-6-15-7-5-13/h2-3,8,13H,4-7H2,1H3,(H,11,12). The zero-order chi connectivity index (χ0) is 10.9. The molecule has 0 bridgehead atoms. The van der Waals surface area contributed by atoms with Gasteiger partial charge in [-0.25, -0.2) is 4.98 Å². The van der Waals surface area contributed by atoms with Gasteiger partial charge < -0.3 is 19.9 Å². The van der Waals surface area contributed by atoms with Crippen molar-refractivity contribution in [3.8, 4) is 5.75 Å². The summed E-state index contributed by atoms with van der Waals surface area (Å²) in [5.41, 5.74) is 0. The molecule has 0 saturated carbocycles. The summed E-state index contributed by atoms with van der Waals surface area (Å²) in [6, 6.07) is 3.68. The molecular formula is C10H16N2O3. The van der Waals surface area contributed by atoms with Crippen molar-refractivity contribution in [2.75, 3.05) is 38.8 Å². The van der Waals surface area contributed by atoms with Crippen molar-refractivity contribution in [3.05, 3.63) is 18.3 Å². The highest BCUT2D eigenvalue weighted by Crippen LogP contribution is 2.10. The van der Waals surface area contributed by atoms with Crippen LogP contribution >= 0.6 is 0 Å². The predicted molar refractivity (Wildman–Crippen MR) is 57.2 cm³/mol. The SMILES string of the molecule is COc1ccc(NCCOCCO)nc1. The Bertz CT molecular complexity index is 264. The van der Waals surface area contributed by atoms with E-state index in [1.165, 1.54) is 0 Å². The Kier molecular flexibility index (Phi) is 5.50. The van der Waals surface area contributed by atoms with Crippen LogP contribution in [0.4, 0.5) is 5.82 Å². The summed E-state index contributed by atoms with van der Waals surface area (Å²) in [6.07, 6.45) is 1.65. The molecule has 5 nitrogen and oxygen atoms in total. The Morgan fingerprint density at radius 2 is 2.27 bits per heavy atom. The Morgan fingerprint density at radius 1 is 1.40 bits per heavy atom. The molecule has 0 aromatic carbocycles. The molecule has 1 aromatic heterocycles. The van der Waals surface area contributed by atoms with Crippen LogP contribution in [0.5, 0.6) is 5.75 Å². The number of nitrogens with zero attached hydrogens (tertiary/aromatic N) is 1. The molecule has 5 heteroatoms. The van der Waals surface area contributed by atoms with E-state index in [-0.39, 0.29) is 6.61 Å². The van der Waals surface area contributed by atoms with Crippen molar-refractivity contribution in [1.82, 2.24) is 4.98 Å². The molecule has 0 aliphatic rings. The molecule has 1 heterocycles. The van der Waals surface area contributed by atoms with E-state index in [2.05, 4.69) is 10.3 Å². The van der Waals surface area contributed by atoms with Gasteiger partial charge >= 0.3 is 0 Å². The number of pyridine rings is 1. The smallest absolute Gasteiger partial charge is 0.137 e. The number of ether oxygens (including phenoxy) is 2. The van der Waals surface area contributed by atoms with Crippen LogP contribution in [0.1, 0.15) is 0 Å². The fourth-order valence-electron chi connectivity index (χ4n) is 1.02. The van der Waals surface area contributed by atoms with Crippen LogP contribution in [-0.2, 0) is 4.74 Å². The Balaban J connectivity index is 2.20. The first kappa shape index (κ1) is 11.7. The summed E-state index contributed by atoms with van der Waals surface area (Å²) < 4.78 is 10.1. The van der Waals surface area contributed by atoms with Crippen LogP contribution in [0.25, 0.3) is 0 Å². The van der Waals surface area contributed by atoms with E-state index in [9.17, 15) is 0 Å². The van der Waals surface area contributed by atoms with Gasteiger partial charge in [0.25, 0.3) is 0 Å². The molecule has 0 radical (unpaired) electrons. The number of aliphatic hydroxyl groups excluding tert-OH is 1. The molecule has 0 aliphatic carbocycles. The molecule has 0 atom stereocenters. The third-order valence-electron chi connectivity index (χ3n) is 1.76. The quantitative estimate of drug-likeness (QED) is 0.645. The molecular weight excluding hydrogens is 196 g/mol. The summed E-state index contributed by atoms with van der Waals surface area (Å²) in [4.78, 5) is 4.13. The van der Waals surface area contributed by atoms with Crippen LogP contribution in [0.3, 0.4) is 0 Å². The number of anilines is 1. The minimum atomic E-state index is 0.0563. The van der Waals surface area contributed by atoms with Crippen molar-refractivity contribution < 1.29 is 14.6 Å². The zero-order valence-corrected chi connectivity index (χ0v) is 8.77. The maximum Gasteiger partial charge on any atom is 0.137 e. The Hall–Kier alpha value is -1.33. The van der Waals surface area contributed by atoms with Crippen LogP contribution in [-0.4, -0.2) is 43.6 Å². The maximum absolute atomic E-state index is 8.47. The third-order valence-corrected chi connectivity index (χ3v) is 1.76. The molecule has 2 N–H and O–H groups in total. The van der Waals surface area contributed by atoms with Gasteiger partial charge in [-0.2, -0.15) is 0 Å². The van der Waals surface area contributed by atoms with Crippen LogP contribution in [0.15, 0.2) is 18.3 Å². The highest BCUT2D eigenvalue weighted by Gasteiger charge is 1.94. The minimum Gasteiger partial charge on any atom is -0.495 e. The van der Waals surface area contributed by atoms with E-state index < -0.39 is 0 Å². The monoisotopic (exact) mass is 212 g/mol. The van der Waals surface area contributed by atoms with E-state index in [0.29, 0.717) is 19.8 Å². The van der Waals surface area contributed by atoms with Crippen molar-refractivity contribution in [2.24, 2.45) is 0 Å². The van der Waals surface area contributed by atoms with E-state index in [4.69, 9.17) is 14.6 Å². The lowest BCUT2D eigenvalue weighted by atomic mass is 10.4.